The predicted molar refractivity (Wildman–Crippen MR) is 372 cm³/mol. The highest BCUT2D eigenvalue weighted by Gasteiger charge is 2.47. The number of ketones is 1. The molecule has 2 saturated heterocycles. The number of ether oxygens (including phenoxy) is 1. The first-order valence-corrected chi connectivity index (χ1v) is 39.6. The third-order valence-electron chi connectivity index (χ3n) is 20.5. The van der Waals surface area contributed by atoms with E-state index in [1.165, 1.54) is 11.6 Å². The van der Waals surface area contributed by atoms with Crippen LogP contribution in [-0.4, -0.2) is 113 Å². The summed E-state index contributed by atoms with van der Waals surface area (Å²) in [6.45, 7) is 3.97. The van der Waals surface area contributed by atoms with Crippen molar-refractivity contribution >= 4 is 92.3 Å². The summed E-state index contributed by atoms with van der Waals surface area (Å²) in [5.74, 6) is 1.24. The highest BCUT2D eigenvalue weighted by atomic mass is 33.1. The molecule has 2 aliphatic carbocycles. The molecule has 1 aromatic heterocycles. The SMILES string of the molecule is CC(C)Cc1cc(-c2oc3cc(O)c4c(c3c(=O)c2O)OC2CC3c5c-4cc4c6c(ccc(c56)C(SSCCCC2O)C3O)CC(CCCO)C4CCO)c2c(c1O)Cc1cccc(c1)C1NC3CSSCC(C(=O)CCO)c4cccc(c4)CC3CC1SSC2. The summed E-state index contributed by atoms with van der Waals surface area (Å²) in [5, 5.41) is 100. The van der Waals surface area contributed by atoms with Gasteiger partial charge in [0.05, 0.1) is 28.9 Å². The number of aliphatic hydroxyl groups is 5. The fraction of sp³-hybridized carbons (Fsp3) is 0.472. The Hall–Kier alpha value is -4.48. The normalized spacial score (nSPS) is 27.0. The van der Waals surface area contributed by atoms with Gasteiger partial charge in [-0.3, -0.25) is 9.59 Å². The summed E-state index contributed by atoms with van der Waals surface area (Å²) in [4.78, 5) is 29.2. The molecule has 13 nitrogen and oxygen atoms in total. The number of hydrogen-bond donors (Lipinski definition) is 9. The van der Waals surface area contributed by atoms with Crippen molar-refractivity contribution in [1.29, 1.82) is 0 Å². The molecular weight excluding hydrogens is 1260 g/mol. The molecule has 0 spiro atoms. The van der Waals surface area contributed by atoms with Crippen LogP contribution in [-0.2, 0) is 36.2 Å². The van der Waals surface area contributed by atoms with Crippen LogP contribution in [0.2, 0.25) is 0 Å². The van der Waals surface area contributed by atoms with E-state index in [0.29, 0.717) is 83.6 Å². The van der Waals surface area contributed by atoms with Crippen LogP contribution in [0.15, 0.2) is 88.1 Å². The Labute approximate surface area is 554 Å². The lowest BCUT2D eigenvalue weighted by atomic mass is 9.65. The van der Waals surface area contributed by atoms with E-state index in [2.05, 4.69) is 79.8 Å². The molecule has 0 saturated carbocycles. The smallest absolute Gasteiger partial charge is 0.238 e. The van der Waals surface area contributed by atoms with Gasteiger partial charge in [-0.1, -0.05) is 139 Å². The summed E-state index contributed by atoms with van der Waals surface area (Å²) < 4.78 is 14.1. The van der Waals surface area contributed by atoms with Crippen LogP contribution < -0.4 is 15.5 Å². The van der Waals surface area contributed by atoms with E-state index < -0.39 is 35.4 Å². The summed E-state index contributed by atoms with van der Waals surface area (Å²) >= 11 is 0. The number of phenolic OH excluding ortho intramolecular Hbond substituents is 2. The van der Waals surface area contributed by atoms with E-state index in [9.17, 15) is 45.6 Å². The van der Waals surface area contributed by atoms with Crippen LogP contribution in [0.4, 0.5) is 0 Å². The molecule has 12 atom stereocenters. The number of hydrogen-bond acceptors (Lipinski definition) is 19. The van der Waals surface area contributed by atoms with Gasteiger partial charge >= 0.3 is 0 Å². The molecule has 5 aliphatic heterocycles. The molecule has 7 aliphatic rings. The van der Waals surface area contributed by atoms with Crippen LogP contribution in [0, 0.1) is 17.8 Å². The lowest BCUT2D eigenvalue weighted by Gasteiger charge is -2.43. The molecule has 2 fully saturated rings. The minimum Gasteiger partial charge on any atom is -0.507 e. The molecular formula is C72H79NO12S6. The van der Waals surface area contributed by atoms with Crippen LogP contribution in [0.1, 0.15) is 155 Å². The van der Waals surface area contributed by atoms with E-state index in [-0.39, 0.29) is 130 Å². The van der Waals surface area contributed by atoms with Gasteiger partial charge in [0, 0.05) is 96.1 Å². The average Bonchev–Trinajstić information content (AvgIpc) is 0.801. The molecule has 14 rings (SSSR count). The fourth-order valence-electron chi connectivity index (χ4n) is 16.3. The van der Waals surface area contributed by atoms with E-state index in [0.717, 1.165) is 81.2 Å². The number of benzene rings is 6. The van der Waals surface area contributed by atoms with Crippen molar-refractivity contribution < 1.29 is 54.8 Å². The van der Waals surface area contributed by atoms with Gasteiger partial charge < -0.3 is 55.3 Å². The number of carbonyl (C=O) groups excluding carboxylic acids is 1. The molecule has 480 valence electrons. The maximum Gasteiger partial charge on any atom is 0.238 e. The number of nitrogens with one attached hydrogen (secondary N) is 1. The molecule has 0 radical (unpaired) electrons. The Kier molecular flexibility index (Phi) is 18.9. The van der Waals surface area contributed by atoms with Crippen molar-refractivity contribution in [2.45, 2.75) is 155 Å². The predicted octanol–water partition coefficient (Wildman–Crippen LogP) is 13.7. The van der Waals surface area contributed by atoms with Gasteiger partial charge in [0.25, 0.3) is 0 Å². The van der Waals surface area contributed by atoms with Gasteiger partial charge in [0.2, 0.25) is 11.2 Å². The maximum atomic E-state index is 15.8. The first-order chi connectivity index (χ1) is 44.2. The van der Waals surface area contributed by atoms with Gasteiger partial charge in [0.1, 0.15) is 40.1 Å². The Bertz CT molecular complexity index is 4010. The van der Waals surface area contributed by atoms with Crippen molar-refractivity contribution in [1.82, 2.24) is 5.32 Å². The Morgan fingerprint density at radius 2 is 1.58 bits per heavy atom. The first kappa shape index (κ1) is 63.9. The summed E-state index contributed by atoms with van der Waals surface area (Å²) in [6.07, 6.45) is 3.58. The third-order valence-corrected chi connectivity index (χ3v) is 28.6. The van der Waals surface area contributed by atoms with Crippen LogP contribution in [0.25, 0.3) is 44.2 Å². The Balaban J connectivity index is 0.909. The van der Waals surface area contributed by atoms with Gasteiger partial charge in [0.15, 0.2) is 5.76 Å². The molecule has 7 aromatic rings. The molecule has 0 amide bonds. The van der Waals surface area contributed by atoms with Gasteiger partial charge in [-0.15, -0.1) is 0 Å². The Morgan fingerprint density at radius 3 is 2.40 bits per heavy atom. The monoisotopic (exact) mass is 1340 g/mol. The van der Waals surface area contributed by atoms with E-state index in [1.54, 1.807) is 64.8 Å². The van der Waals surface area contributed by atoms with Crippen LogP contribution >= 0.6 is 64.8 Å². The number of fused-ring (bicyclic) bond motifs is 15. The van der Waals surface area contributed by atoms with Gasteiger partial charge in [-0.25, -0.2) is 0 Å². The fourth-order valence-corrected chi connectivity index (χ4v) is 24.8. The maximum absolute atomic E-state index is 15.8. The number of aliphatic hydroxyl groups excluding tert-OH is 5. The van der Waals surface area contributed by atoms with E-state index in [4.69, 9.17) is 9.15 Å². The molecule has 9 N–H and O–H groups in total. The summed E-state index contributed by atoms with van der Waals surface area (Å²) in [6, 6.07) is 26.9. The second kappa shape index (κ2) is 27.0. The first-order valence-electron chi connectivity index (χ1n) is 32.4. The number of piperidine rings is 1. The summed E-state index contributed by atoms with van der Waals surface area (Å²) in [7, 11) is 10.3. The lowest BCUT2D eigenvalue weighted by Crippen LogP contribution is -2.50. The number of rotatable bonds is 11. The molecule has 91 heavy (non-hydrogen) atoms. The standard InChI is InChI=1S/C72H79NO12S6/c1-35(2)21-43-27-48(52-33-89-90-59-28-42-24-36-7-3-9-38(22-36)51(54(77)16-19-76)32-87-88-34-53(42)73-65(59)41-10-4-8-37(23-41)25-47(52)66(43)80)70-69(83)68(82)64-58(85-70)31-56(79)62-49-29-46-44(15-18-75)39(11-5-17-74)26-40-13-14-45-63(60(40)46)61(49)50-30-57(84-71(62)64)55(78)12-6-20-86-91-72(45)67(50)81/h3-4,7-10,13-14,22-23,27,29,31,35,39,42,44,50-51,53,55,57,59,65,67,72-76,78-81,83H,5-6,11-12,15-21,24-26,28,30,32-34H2,1-2H3. The zero-order chi connectivity index (χ0) is 62.9. The molecule has 7 bridgehead atoms. The molecule has 6 heterocycles. The summed E-state index contributed by atoms with van der Waals surface area (Å²) in [5.41, 5.74) is 10.7. The van der Waals surface area contributed by atoms with Crippen molar-refractivity contribution in [3.05, 3.63) is 150 Å². The zero-order valence-electron chi connectivity index (χ0n) is 51.1. The van der Waals surface area contributed by atoms with Crippen molar-refractivity contribution in [2.75, 3.05) is 37.1 Å². The highest BCUT2D eigenvalue weighted by Crippen LogP contribution is 2.62. The lowest BCUT2D eigenvalue weighted by molar-refractivity contribution is -0.120. The minimum atomic E-state index is -1.03. The van der Waals surface area contributed by atoms with E-state index in [1.807, 2.05) is 12.1 Å². The number of Topliss-reactive ketones (excluding diaryl/α,β-unsaturated/α-hetero) is 1. The van der Waals surface area contributed by atoms with Crippen molar-refractivity contribution in [3.63, 3.8) is 0 Å². The second-order valence-electron chi connectivity index (χ2n) is 26.6. The number of phenols is 2. The molecule has 19 heteroatoms. The minimum absolute atomic E-state index is 0.0117. The Morgan fingerprint density at radius 1 is 0.769 bits per heavy atom. The molecule has 12 unspecified atom stereocenters. The second-order valence-corrected chi connectivity index (χ2v) is 34.4. The third kappa shape index (κ3) is 11.9. The largest absolute Gasteiger partial charge is 0.507 e. The van der Waals surface area contributed by atoms with E-state index >= 15 is 4.79 Å². The van der Waals surface area contributed by atoms with Crippen LogP contribution in [0.3, 0.4) is 0 Å². The van der Waals surface area contributed by atoms with Gasteiger partial charge in [-0.05, 0) is 172 Å². The number of carbonyl (C=O) groups is 1. The topological polar surface area (TPSA) is 230 Å². The van der Waals surface area contributed by atoms with Gasteiger partial charge in [-0.2, -0.15) is 0 Å². The van der Waals surface area contributed by atoms with Crippen molar-refractivity contribution in [3.8, 4) is 45.4 Å². The quantitative estimate of drug-likeness (QED) is 0.0548. The zero-order valence-corrected chi connectivity index (χ0v) is 56.0. The van der Waals surface area contributed by atoms with Crippen LogP contribution in [0.5, 0.6) is 23.0 Å². The highest BCUT2D eigenvalue weighted by molar-refractivity contribution is 8.77. The molecule has 6 aromatic carbocycles. The number of aromatic hydroxyl groups is 3. The van der Waals surface area contributed by atoms with Crippen molar-refractivity contribution in [2.24, 2.45) is 17.8 Å². The average molecular weight is 1340 g/mol.